The zero-order valence-electron chi connectivity index (χ0n) is 42.1. The third kappa shape index (κ3) is 7.75. The molecule has 346 valence electrons. The van der Waals surface area contributed by atoms with Gasteiger partial charge in [0.1, 0.15) is 6.07 Å². The number of aryl methyl sites for hydroxylation is 8. The Morgan fingerprint density at radius 3 is 0.917 bits per heavy atom. The molecule has 0 aliphatic heterocycles. The lowest BCUT2D eigenvalue weighted by atomic mass is 9.97. The molecule has 0 aliphatic rings. The van der Waals surface area contributed by atoms with Crippen molar-refractivity contribution in [1.29, 1.82) is 5.26 Å². The van der Waals surface area contributed by atoms with E-state index in [1.807, 2.05) is 12.4 Å². The fourth-order valence-corrected chi connectivity index (χ4v) is 11.6. The van der Waals surface area contributed by atoms with Gasteiger partial charge in [-0.1, -0.05) is 142 Å². The first-order valence-corrected chi connectivity index (χ1v) is 24.9. The molecule has 4 heteroatoms. The maximum atomic E-state index is 11.5. The zero-order chi connectivity index (χ0) is 49.5. The number of hydrogen-bond acceptors (Lipinski definition) is 2. The van der Waals surface area contributed by atoms with E-state index < -0.39 is 0 Å². The summed E-state index contributed by atoms with van der Waals surface area (Å²) >= 11 is 0. The summed E-state index contributed by atoms with van der Waals surface area (Å²) in [5.74, 6) is 0. The molecule has 0 saturated carbocycles. The molecule has 3 aromatic heterocycles. The summed E-state index contributed by atoms with van der Waals surface area (Å²) in [6.07, 6.45) is 3.72. The Labute approximate surface area is 421 Å². The predicted octanol–water partition coefficient (Wildman–Crippen LogP) is 17.9. The predicted molar refractivity (Wildman–Crippen MR) is 303 cm³/mol. The average molecular weight is 927 g/mol. The van der Waals surface area contributed by atoms with Crippen molar-refractivity contribution in [3.05, 3.63) is 232 Å². The van der Waals surface area contributed by atoms with Crippen LogP contribution in [0.2, 0.25) is 0 Å². The number of pyridine rings is 1. The first-order valence-electron chi connectivity index (χ1n) is 24.9. The van der Waals surface area contributed by atoms with Gasteiger partial charge in [-0.2, -0.15) is 5.26 Å². The van der Waals surface area contributed by atoms with Gasteiger partial charge in [0.25, 0.3) is 0 Å². The summed E-state index contributed by atoms with van der Waals surface area (Å²) in [7, 11) is 0. The molecule has 0 N–H and O–H groups in total. The van der Waals surface area contributed by atoms with Gasteiger partial charge in [-0.15, -0.1) is 0 Å². The van der Waals surface area contributed by atoms with Crippen molar-refractivity contribution in [3.8, 4) is 73.1 Å². The highest BCUT2D eigenvalue weighted by Gasteiger charge is 2.23. The zero-order valence-corrected chi connectivity index (χ0v) is 42.1. The van der Waals surface area contributed by atoms with Crippen LogP contribution in [0, 0.1) is 66.7 Å². The second-order valence-corrected chi connectivity index (χ2v) is 20.3. The topological polar surface area (TPSA) is 46.5 Å². The molecule has 0 atom stereocenters. The van der Waals surface area contributed by atoms with Crippen LogP contribution in [0.3, 0.4) is 0 Å². The van der Waals surface area contributed by atoms with Crippen LogP contribution in [0.15, 0.2) is 182 Å². The van der Waals surface area contributed by atoms with Crippen molar-refractivity contribution in [1.82, 2.24) is 14.1 Å². The number of hydrogen-bond donors (Lipinski definition) is 0. The Hall–Kier alpha value is -8.78. The third-order valence-corrected chi connectivity index (χ3v) is 14.5. The lowest BCUT2D eigenvalue weighted by Gasteiger charge is -2.19. The fraction of sp³-hybridized carbons (Fsp3) is 0.118. The molecule has 0 unspecified atom stereocenters. The van der Waals surface area contributed by atoms with E-state index in [0.717, 1.165) is 77.2 Å². The highest BCUT2D eigenvalue weighted by atomic mass is 15.0. The average Bonchev–Trinajstić information content (AvgIpc) is 3.86. The van der Waals surface area contributed by atoms with Crippen molar-refractivity contribution in [2.75, 3.05) is 0 Å². The van der Waals surface area contributed by atoms with Gasteiger partial charge in [0.2, 0.25) is 0 Å². The Balaban J connectivity index is 1.14. The van der Waals surface area contributed by atoms with Gasteiger partial charge in [-0.3, -0.25) is 4.98 Å². The molecule has 0 fully saturated rings. The number of rotatable bonds is 7. The molecular formula is C68H54N4. The molecule has 9 aromatic carbocycles. The maximum Gasteiger partial charge on any atom is 0.101 e. The fourth-order valence-electron chi connectivity index (χ4n) is 11.6. The molecule has 72 heavy (non-hydrogen) atoms. The standard InChI is InChI=1S/C68H54N4/c1-40-21-41(2)26-53(25-40)49-9-13-63-59(33-49)60-34-50(54-27-42(3)22-43(4)28-54)10-14-64(60)71(63)67-38-58(48-17-19-70-20-18-48)68(37-57(67)39-69)72-65-15-11-51(55-29-44(5)23-45(6)30-55)35-61(65)62-36-52(12-16-66(62)72)56-31-46(7)24-47(8)32-56/h9-38H,1-8H3. The second kappa shape index (κ2) is 17.3. The maximum absolute atomic E-state index is 11.5. The van der Waals surface area contributed by atoms with Gasteiger partial charge in [-0.25, -0.2) is 0 Å². The number of aromatic nitrogens is 3. The smallest absolute Gasteiger partial charge is 0.101 e. The summed E-state index contributed by atoms with van der Waals surface area (Å²) < 4.78 is 4.69. The minimum atomic E-state index is 0.576. The van der Waals surface area contributed by atoms with E-state index >= 15 is 0 Å². The lowest BCUT2D eigenvalue weighted by molar-refractivity contribution is 1.13. The van der Waals surface area contributed by atoms with Crippen LogP contribution in [0.1, 0.15) is 50.1 Å². The van der Waals surface area contributed by atoms with Crippen LogP contribution in [0.4, 0.5) is 0 Å². The molecular weight excluding hydrogens is 873 g/mol. The van der Waals surface area contributed by atoms with Crippen LogP contribution >= 0.6 is 0 Å². The minimum Gasteiger partial charge on any atom is -0.309 e. The normalized spacial score (nSPS) is 11.6. The summed E-state index contributed by atoms with van der Waals surface area (Å²) in [4.78, 5) is 4.48. The molecule has 0 amide bonds. The van der Waals surface area contributed by atoms with Gasteiger partial charge in [0.05, 0.1) is 39.0 Å². The van der Waals surface area contributed by atoms with E-state index in [0.29, 0.717) is 5.56 Å². The van der Waals surface area contributed by atoms with Crippen LogP contribution < -0.4 is 0 Å². The van der Waals surface area contributed by atoms with E-state index in [9.17, 15) is 5.26 Å². The highest BCUT2D eigenvalue weighted by molar-refractivity contribution is 6.14. The summed E-state index contributed by atoms with van der Waals surface area (Å²) in [6, 6.07) is 65.7. The lowest BCUT2D eigenvalue weighted by Crippen LogP contribution is -2.04. The molecule has 12 rings (SSSR count). The van der Waals surface area contributed by atoms with Gasteiger partial charge in [0, 0.05) is 39.5 Å². The molecule has 0 radical (unpaired) electrons. The van der Waals surface area contributed by atoms with Crippen LogP contribution in [-0.2, 0) is 0 Å². The van der Waals surface area contributed by atoms with Gasteiger partial charge < -0.3 is 9.13 Å². The van der Waals surface area contributed by atoms with E-state index in [1.54, 1.807) is 0 Å². The number of nitrogens with zero attached hydrogens (tertiary/aromatic N) is 4. The highest BCUT2D eigenvalue weighted by Crippen LogP contribution is 2.44. The molecule has 0 saturated heterocycles. The third-order valence-electron chi connectivity index (χ3n) is 14.5. The first-order chi connectivity index (χ1) is 34.8. The number of fused-ring (bicyclic) bond motifs is 6. The van der Waals surface area contributed by atoms with Crippen LogP contribution in [0.5, 0.6) is 0 Å². The number of benzene rings is 9. The molecule has 12 aromatic rings. The molecule has 4 nitrogen and oxygen atoms in total. The summed E-state index contributed by atoms with van der Waals surface area (Å²) in [5.41, 5.74) is 27.9. The van der Waals surface area contributed by atoms with Crippen molar-refractivity contribution in [3.63, 3.8) is 0 Å². The molecule has 0 spiro atoms. The summed E-state index contributed by atoms with van der Waals surface area (Å²) in [6.45, 7) is 17.3. The molecule has 0 aliphatic carbocycles. The SMILES string of the molecule is Cc1cc(C)cc(-c2ccc3c(c2)c2cc(-c4cc(C)cc(C)c4)ccc2n3-c2cc(-c3ccncc3)c(-n3c4ccc(-c5cc(C)cc(C)c5)cc4c4cc(-c5cc(C)cc(C)c5)ccc43)cc2C#N)c1. The Kier molecular flexibility index (Phi) is 10.7. The molecule has 0 bridgehead atoms. The monoisotopic (exact) mass is 926 g/mol. The molecule has 3 heterocycles. The van der Waals surface area contributed by atoms with Gasteiger partial charge >= 0.3 is 0 Å². The Morgan fingerprint density at radius 1 is 0.306 bits per heavy atom. The van der Waals surface area contributed by atoms with Crippen molar-refractivity contribution in [2.45, 2.75) is 55.4 Å². The van der Waals surface area contributed by atoms with Crippen molar-refractivity contribution in [2.24, 2.45) is 0 Å². The van der Waals surface area contributed by atoms with Gasteiger partial charge in [-0.05, 0) is 178 Å². The quantitative estimate of drug-likeness (QED) is 0.160. The second-order valence-electron chi connectivity index (χ2n) is 20.3. The van der Waals surface area contributed by atoms with E-state index in [1.165, 1.54) is 77.9 Å². The van der Waals surface area contributed by atoms with Crippen LogP contribution in [-0.4, -0.2) is 14.1 Å². The van der Waals surface area contributed by atoms with Crippen molar-refractivity contribution >= 4 is 43.6 Å². The Morgan fingerprint density at radius 2 is 0.611 bits per heavy atom. The van der Waals surface area contributed by atoms with Crippen molar-refractivity contribution < 1.29 is 0 Å². The minimum absolute atomic E-state index is 0.576. The van der Waals surface area contributed by atoms with E-state index in [4.69, 9.17) is 0 Å². The van der Waals surface area contributed by atoms with E-state index in [-0.39, 0.29) is 0 Å². The van der Waals surface area contributed by atoms with E-state index in [2.05, 4.69) is 245 Å². The van der Waals surface area contributed by atoms with Gasteiger partial charge in [0.15, 0.2) is 0 Å². The number of nitriles is 1. The largest absolute Gasteiger partial charge is 0.309 e. The first kappa shape index (κ1) is 44.4. The Bertz CT molecular complexity index is 3950. The summed E-state index contributed by atoms with van der Waals surface area (Å²) in [5, 5.41) is 16.1. The van der Waals surface area contributed by atoms with Crippen LogP contribution in [0.25, 0.3) is 111 Å².